The average Bonchev–Trinajstić information content (AvgIpc) is 2.73. The van der Waals surface area contributed by atoms with Gasteiger partial charge in [0.1, 0.15) is 11.3 Å². The second-order valence-corrected chi connectivity index (χ2v) is 4.20. The number of aryl methyl sites for hydroxylation is 1. The number of nitrogens with zero attached hydrogens (tertiary/aromatic N) is 1. The molecule has 4 heteroatoms. The fraction of sp³-hybridized carbons (Fsp3) is 0.0714. The van der Waals surface area contributed by atoms with Gasteiger partial charge in [0.15, 0.2) is 5.58 Å². The molecule has 1 aromatic heterocycles. The zero-order valence-corrected chi connectivity index (χ0v) is 9.77. The maximum Gasteiger partial charge on any atom is 0.230 e. The maximum atomic E-state index is 13.7. The Morgan fingerprint density at radius 3 is 2.78 bits per heavy atom. The SMILES string of the molecule is Cc1cc(N)c2oc(-c3ccccc3F)nc2c1. The van der Waals surface area contributed by atoms with Gasteiger partial charge in [-0.25, -0.2) is 9.37 Å². The van der Waals surface area contributed by atoms with E-state index in [0.717, 1.165) is 5.56 Å². The number of halogens is 1. The van der Waals surface area contributed by atoms with E-state index in [-0.39, 0.29) is 11.7 Å². The van der Waals surface area contributed by atoms with Crippen molar-refractivity contribution in [3.8, 4) is 11.5 Å². The molecule has 0 unspecified atom stereocenters. The number of aromatic nitrogens is 1. The summed E-state index contributed by atoms with van der Waals surface area (Å²) in [6.45, 7) is 1.92. The highest BCUT2D eigenvalue weighted by molar-refractivity contribution is 5.87. The Hall–Kier alpha value is -2.36. The molecule has 3 nitrogen and oxygen atoms in total. The molecule has 2 aromatic carbocycles. The third kappa shape index (κ3) is 1.62. The van der Waals surface area contributed by atoms with Gasteiger partial charge >= 0.3 is 0 Å². The zero-order chi connectivity index (χ0) is 12.7. The first-order valence-electron chi connectivity index (χ1n) is 5.57. The highest BCUT2D eigenvalue weighted by Gasteiger charge is 2.13. The number of anilines is 1. The third-order valence-electron chi connectivity index (χ3n) is 2.77. The molecule has 0 aliphatic rings. The molecule has 18 heavy (non-hydrogen) atoms. The zero-order valence-electron chi connectivity index (χ0n) is 9.77. The molecule has 0 fully saturated rings. The molecule has 90 valence electrons. The fourth-order valence-electron chi connectivity index (χ4n) is 1.95. The van der Waals surface area contributed by atoms with Crippen molar-refractivity contribution < 1.29 is 8.81 Å². The van der Waals surface area contributed by atoms with E-state index in [2.05, 4.69) is 4.98 Å². The molecular weight excluding hydrogens is 231 g/mol. The largest absolute Gasteiger partial charge is 0.434 e. The van der Waals surface area contributed by atoms with Gasteiger partial charge in [-0.2, -0.15) is 0 Å². The van der Waals surface area contributed by atoms with Gasteiger partial charge in [-0.05, 0) is 36.8 Å². The topological polar surface area (TPSA) is 52.0 Å². The summed E-state index contributed by atoms with van der Waals surface area (Å²) in [5, 5.41) is 0. The van der Waals surface area contributed by atoms with Crippen molar-refractivity contribution in [1.29, 1.82) is 0 Å². The van der Waals surface area contributed by atoms with Crippen molar-refractivity contribution in [2.45, 2.75) is 6.92 Å². The number of benzene rings is 2. The predicted molar refractivity (Wildman–Crippen MR) is 68.6 cm³/mol. The van der Waals surface area contributed by atoms with Crippen molar-refractivity contribution in [2.24, 2.45) is 0 Å². The number of rotatable bonds is 1. The minimum atomic E-state index is -0.362. The third-order valence-corrected chi connectivity index (χ3v) is 2.77. The minimum Gasteiger partial charge on any atom is -0.434 e. The lowest BCUT2D eigenvalue weighted by Crippen LogP contribution is -1.86. The minimum absolute atomic E-state index is 0.250. The lowest BCUT2D eigenvalue weighted by molar-refractivity contribution is 0.594. The molecule has 3 aromatic rings. The molecule has 0 saturated carbocycles. The van der Waals surface area contributed by atoms with Gasteiger partial charge in [0.25, 0.3) is 0 Å². The van der Waals surface area contributed by atoms with Gasteiger partial charge in [0.05, 0.1) is 11.3 Å². The van der Waals surface area contributed by atoms with Gasteiger partial charge in [0, 0.05) is 0 Å². The Bertz CT molecular complexity index is 734. The second kappa shape index (κ2) is 3.84. The van der Waals surface area contributed by atoms with E-state index in [1.54, 1.807) is 24.3 Å². The first-order valence-corrected chi connectivity index (χ1v) is 5.57. The summed E-state index contributed by atoms with van der Waals surface area (Å²) in [5.74, 6) is -0.111. The molecule has 0 saturated heterocycles. The molecule has 0 spiro atoms. The van der Waals surface area contributed by atoms with Crippen molar-refractivity contribution >= 4 is 16.8 Å². The van der Waals surface area contributed by atoms with E-state index in [9.17, 15) is 4.39 Å². The summed E-state index contributed by atoms with van der Waals surface area (Å²) in [6, 6.07) is 10.0. The fourth-order valence-corrected chi connectivity index (χ4v) is 1.95. The van der Waals surface area contributed by atoms with Gasteiger partial charge in [-0.3, -0.25) is 0 Å². The summed E-state index contributed by atoms with van der Waals surface area (Å²) < 4.78 is 19.2. The molecule has 0 aliphatic carbocycles. The molecule has 0 bridgehead atoms. The van der Waals surface area contributed by atoms with E-state index in [1.165, 1.54) is 6.07 Å². The number of hydrogen-bond acceptors (Lipinski definition) is 3. The van der Waals surface area contributed by atoms with Crippen LogP contribution < -0.4 is 5.73 Å². The van der Waals surface area contributed by atoms with Crippen molar-refractivity contribution in [3.63, 3.8) is 0 Å². The van der Waals surface area contributed by atoms with Crippen LogP contribution in [0.4, 0.5) is 10.1 Å². The van der Waals surface area contributed by atoms with E-state index < -0.39 is 0 Å². The van der Waals surface area contributed by atoms with Gasteiger partial charge in [0.2, 0.25) is 5.89 Å². The number of hydrogen-bond donors (Lipinski definition) is 1. The molecular formula is C14H11FN2O. The monoisotopic (exact) mass is 242 g/mol. The quantitative estimate of drug-likeness (QED) is 0.664. The van der Waals surface area contributed by atoms with Crippen molar-refractivity contribution in [3.05, 3.63) is 47.8 Å². The van der Waals surface area contributed by atoms with Crippen LogP contribution in [0.5, 0.6) is 0 Å². The first-order chi connectivity index (χ1) is 8.65. The van der Waals surface area contributed by atoms with Gasteiger partial charge in [-0.15, -0.1) is 0 Å². The Morgan fingerprint density at radius 1 is 1.22 bits per heavy atom. The molecule has 0 aliphatic heterocycles. The van der Waals surface area contributed by atoms with Crippen LogP contribution in [0.25, 0.3) is 22.6 Å². The molecule has 0 radical (unpaired) electrons. The van der Waals surface area contributed by atoms with Crippen LogP contribution in [-0.2, 0) is 0 Å². The van der Waals surface area contributed by atoms with Crippen molar-refractivity contribution in [2.75, 3.05) is 5.73 Å². The highest BCUT2D eigenvalue weighted by atomic mass is 19.1. The van der Waals surface area contributed by atoms with E-state index in [1.807, 2.05) is 13.0 Å². The number of nitrogen functional groups attached to an aromatic ring is 1. The van der Waals surface area contributed by atoms with Gasteiger partial charge < -0.3 is 10.2 Å². The summed E-state index contributed by atoms with van der Waals surface area (Å²) in [6.07, 6.45) is 0. The van der Waals surface area contributed by atoms with Crippen LogP contribution in [-0.4, -0.2) is 4.98 Å². The Morgan fingerprint density at radius 2 is 2.00 bits per heavy atom. The molecule has 1 heterocycles. The van der Waals surface area contributed by atoms with E-state index in [4.69, 9.17) is 10.2 Å². The summed E-state index contributed by atoms with van der Waals surface area (Å²) in [5.41, 5.74) is 8.85. The smallest absolute Gasteiger partial charge is 0.230 e. The summed E-state index contributed by atoms with van der Waals surface area (Å²) >= 11 is 0. The predicted octanol–water partition coefficient (Wildman–Crippen LogP) is 3.52. The Labute approximate surface area is 103 Å². The number of oxazole rings is 1. The maximum absolute atomic E-state index is 13.7. The summed E-state index contributed by atoms with van der Waals surface area (Å²) in [7, 11) is 0. The Balaban J connectivity index is 2.26. The van der Waals surface area contributed by atoms with Crippen LogP contribution in [0.1, 0.15) is 5.56 Å². The number of nitrogens with two attached hydrogens (primary N) is 1. The van der Waals surface area contributed by atoms with E-state index >= 15 is 0 Å². The molecule has 3 rings (SSSR count). The van der Waals surface area contributed by atoms with Crippen LogP contribution in [0.3, 0.4) is 0 Å². The van der Waals surface area contributed by atoms with Crippen LogP contribution >= 0.6 is 0 Å². The van der Waals surface area contributed by atoms with E-state index in [0.29, 0.717) is 22.4 Å². The standard InChI is InChI=1S/C14H11FN2O/c1-8-6-11(16)13-12(7-8)17-14(18-13)9-4-2-3-5-10(9)15/h2-7H,16H2,1H3. The lowest BCUT2D eigenvalue weighted by Gasteiger charge is -1.96. The average molecular weight is 242 g/mol. The van der Waals surface area contributed by atoms with Crippen LogP contribution in [0.15, 0.2) is 40.8 Å². The van der Waals surface area contributed by atoms with Crippen molar-refractivity contribution in [1.82, 2.24) is 4.98 Å². The van der Waals surface area contributed by atoms with Crippen LogP contribution in [0.2, 0.25) is 0 Å². The highest BCUT2D eigenvalue weighted by Crippen LogP contribution is 2.29. The molecule has 0 atom stereocenters. The lowest BCUT2D eigenvalue weighted by atomic mass is 10.2. The molecule has 0 amide bonds. The first kappa shape index (κ1) is 10.8. The normalized spacial score (nSPS) is 11.0. The van der Waals surface area contributed by atoms with Crippen LogP contribution in [0, 0.1) is 12.7 Å². The Kier molecular flexibility index (Phi) is 2.30. The van der Waals surface area contributed by atoms with Gasteiger partial charge in [-0.1, -0.05) is 12.1 Å². The number of fused-ring (bicyclic) bond motifs is 1. The second-order valence-electron chi connectivity index (χ2n) is 4.20. The molecule has 2 N–H and O–H groups in total. The summed E-state index contributed by atoms with van der Waals surface area (Å²) in [4.78, 5) is 4.28.